The molecule has 156 valence electrons. The molecule has 0 saturated carbocycles. The SMILES string of the molecule is CC(C)(Oc1ccc(Cl)cc1)C(=O)N1CCC(Oc2nncc3ccccc23)CC1. The van der Waals surface area contributed by atoms with Gasteiger partial charge >= 0.3 is 0 Å². The van der Waals surface area contributed by atoms with Gasteiger partial charge in [-0.05, 0) is 44.2 Å². The van der Waals surface area contributed by atoms with Crippen molar-refractivity contribution in [1.29, 1.82) is 0 Å². The molecular formula is C23H24ClN3O3. The van der Waals surface area contributed by atoms with E-state index in [1.165, 1.54) is 0 Å². The summed E-state index contributed by atoms with van der Waals surface area (Å²) in [5, 5.41) is 10.8. The van der Waals surface area contributed by atoms with Gasteiger partial charge in [0.25, 0.3) is 5.91 Å². The van der Waals surface area contributed by atoms with Crippen LogP contribution in [0.3, 0.4) is 0 Å². The second-order valence-corrected chi connectivity index (χ2v) is 8.35. The molecule has 1 aliphatic heterocycles. The quantitative estimate of drug-likeness (QED) is 0.601. The molecule has 0 aliphatic carbocycles. The summed E-state index contributed by atoms with van der Waals surface area (Å²) in [4.78, 5) is 14.9. The lowest BCUT2D eigenvalue weighted by molar-refractivity contribution is -0.147. The molecule has 30 heavy (non-hydrogen) atoms. The minimum absolute atomic E-state index is 0.00514. The number of amides is 1. The number of ether oxygens (including phenoxy) is 2. The Morgan fingerprint density at radius 1 is 1.10 bits per heavy atom. The maximum absolute atomic E-state index is 13.0. The molecular weight excluding hydrogens is 402 g/mol. The van der Waals surface area contributed by atoms with Crippen molar-refractivity contribution in [2.75, 3.05) is 13.1 Å². The van der Waals surface area contributed by atoms with Crippen molar-refractivity contribution >= 4 is 28.3 Å². The van der Waals surface area contributed by atoms with Crippen molar-refractivity contribution in [2.24, 2.45) is 0 Å². The lowest BCUT2D eigenvalue weighted by Crippen LogP contribution is -2.52. The van der Waals surface area contributed by atoms with Crippen LogP contribution in [0.1, 0.15) is 26.7 Å². The first-order chi connectivity index (χ1) is 14.4. The largest absolute Gasteiger partial charge is 0.478 e. The third-order valence-electron chi connectivity index (χ3n) is 5.25. The number of aromatic nitrogens is 2. The molecule has 1 aromatic heterocycles. The molecule has 1 fully saturated rings. The Bertz CT molecular complexity index is 1030. The summed E-state index contributed by atoms with van der Waals surface area (Å²) >= 11 is 5.92. The fourth-order valence-electron chi connectivity index (χ4n) is 3.65. The van der Waals surface area contributed by atoms with E-state index in [0.29, 0.717) is 29.7 Å². The summed E-state index contributed by atoms with van der Waals surface area (Å²) in [7, 11) is 0. The monoisotopic (exact) mass is 425 g/mol. The maximum Gasteiger partial charge on any atom is 0.266 e. The first-order valence-corrected chi connectivity index (χ1v) is 10.4. The minimum Gasteiger partial charge on any atom is -0.478 e. The predicted octanol–water partition coefficient (Wildman–Crippen LogP) is 4.51. The third-order valence-corrected chi connectivity index (χ3v) is 5.50. The molecule has 0 spiro atoms. The highest BCUT2D eigenvalue weighted by Crippen LogP contribution is 2.27. The Balaban J connectivity index is 1.36. The van der Waals surface area contributed by atoms with Crippen LogP contribution in [-0.2, 0) is 4.79 Å². The molecule has 4 rings (SSSR count). The van der Waals surface area contributed by atoms with Gasteiger partial charge in [0.05, 0.1) is 6.20 Å². The number of carbonyl (C=O) groups is 1. The average Bonchev–Trinajstić information content (AvgIpc) is 2.75. The zero-order chi connectivity index (χ0) is 21.1. The number of hydrogen-bond donors (Lipinski definition) is 0. The molecule has 0 N–H and O–H groups in total. The standard InChI is InChI=1S/C23H24ClN3O3/c1-23(2,30-19-9-7-17(24)8-10-19)22(28)27-13-11-18(12-14-27)29-21-20-6-4-3-5-16(20)15-25-26-21/h3-10,15,18H,11-14H2,1-2H3. The molecule has 1 saturated heterocycles. The minimum atomic E-state index is -0.970. The highest BCUT2D eigenvalue weighted by molar-refractivity contribution is 6.30. The molecule has 2 aromatic carbocycles. The molecule has 7 heteroatoms. The van der Waals surface area contributed by atoms with Gasteiger partial charge in [0.1, 0.15) is 11.9 Å². The van der Waals surface area contributed by atoms with Crippen LogP contribution in [0.5, 0.6) is 11.6 Å². The molecule has 0 bridgehead atoms. The van der Waals surface area contributed by atoms with Gasteiger partial charge < -0.3 is 14.4 Å². The van der Waals surface area contributed by atoms with Crippen LogP contribution >= 0.6 is 11.6 Å². The number of hydrogen-bond acceptors (Lipinski definition) is 5. The number of nitrogens with zero attached hydrogens (tertiary/aromatic N) is 3. The highest BCUT2D eigenvalue weighted by Gasteiger charge is 2.36. The Labute approximate surface area is 180 Å². The van der Waals surface area contributed by atoms with Gasteiger partial charge in [0, 0.05) is 41.7 Å². The second-order valence-electron chi connectivity index (χ2n) is 7.91. The molecule has 2 heterocycles. The average molecular weight is 426 g/mol. The lowest BCUT2D eigenvalue weighted by atomic mass is 10.0. The number of rotatable bonds is 5. The number of likely N-dealkylation sites (tertiary alicyclic amines) is 1. The van der Waals surface area contributed by atoms with Crippen LogP contribution in [0.15, 0.2) is 54.7 Å². The fraction of sp³-hybridized carbons (Fsp3) is 0.348. The van der Waals surface area contributed by atoms with E-state index >= 15 is 0 Å². The van der Waals surface area contributed by atoms with Crippen molar-refractivity contribution in [3.8, 4) is 11.6 Å². The third kappa shape index (κ3) is 4.49. The Hall–Kier alpha value is -2.86. The van der Waals surface area contributed by atoms with E-state index in [9.17, 15) is 4.79 Å². The van der Waals surface area contributed by atoms with Gasteiger partial charge in [0.2, 0.25) is 5.88 Å². The Morgan fingerprint density at radius 3 is 2.53 bits per heavy atom. The maximum atomic E-state index is 13.0. The fourth-order valence-corrected chi connectivity index (χ4v) is 3.77. The summed E-state index contributed by atoms with van der Waals surface area (Å²) in [5.74, 6) is 1.12. The topological polar surface area (TPSA) is 64.5 Å². The summed E-state index contributed by atoms with van der Waals surface area (Å²) in [6.45, 7) is 4.79. The van der Waals surface area contributed by atoms with E-state index in [1.54, 1.807) is 44.3 Å². The van der Waals surface area contributed by atoms with E-state index in [0.717, 1.165) is 23.6 Å². The van der Waals surface area contributed by atoms with Crippen LogP contribution < -0.4 is 9.47 Å². The Morgan fingerprint density at radius 2 is 1.80 bits per heavy atom. The van der Waals surface area contributed by atoms with Gasteiger partial charge in [-0.15, -0.1) is 5.10 Å². The van der Waals surface area contributed by atoms with Gasteiger partial charge in [-0.25, -0.2) is 0 Å². The van der Waals surface area contributed by atoms with Crippen molar-refractivity contribution < 1.29 is 14.3 Å². The van der Waals surface area contributed by atoms with Gasteiger partial charge in [-0.3, -0.25) is 4.79 Å². The molecule has 0 radical (unpaired) electrons. The normalized spacial score (nSPS) is 15.2. The highest BCUT2D eigenvalue weighted by atomic mass is 35.5. The van der Waals surface area contributed by atoms with Crippen LogP contribution in [0.4, 0.5) is 0 Å². The smallest absolute Gasteiger partial charge is 0.266 e. The summed E-state index contributed by atoms with van der Waals surface area (Å²) < 4.78 is 12.1. The van der Waals surface area contributed by atoms with Crippen molar-refractivity contribution in [1.82, 2.24) is 15.1 Å². The summed E-state index contributed by atoms with van der Waals surface area (Å²) in [6, 6.07) is 14.9. The van der Waals surface area contributed by atoms with Crippen LogP contribution in [0, 0.1) is 0 Å². The molecule has 0 atom stereocenters. The zero-order valence-electron chi connectivity index (χ0n) is 17.0. The molecule has 1 aliphatic rings. The van der Waals surface area contributed by atoms with Crippen LogP contribution in [0.25, 0.3) is 10.8 Å². The van der Waals surface area contributed by atoms with Gasteiger partial charge in [0.15, 0.2) is 5.60 Å². The van der Waals surface area contributed by atoms with E-state index < -0.39 is 5.60 Å². The van der Waals surface area contributed by atoms with Crippen molar-refractivity contribution in [3.05, 3.63) is 59.8 Å². The lowest BCUT2D eigenvalue weighted by Gasteiger charge is -2.36. The van der Waals surface area contributed by atoms with Crippen LogP contribution in [0.2, 0.25) is 5.02 Å². The van der Waals surface area contributed by atoms with E-state index in [4.69, 9.17) is 21.1 Å². The molecule has 6 nitrogen and oxygen atoms in total. The predicted molar refractivity (Wildman–Crippen MR) is 116 cm³/mol. The van der Waals surface area contributed by atoms with Crippen molar-refractivity contribution in [3.63, 3.8) is 0 Å². The second kappa shape index (κ2) is 8.48. The first kappa shape index (κ1) is 20.4. The number of carbonyl (C=O) groups excluding carboxylic acids is 1. The van der Waals surface area contributed by atoms with Crippen LogP contribution in [-0.4, -0.2) is 45.8 Å². The van der Waals surface area contributed by atoms with Gasteiger partial charge in [-0.1, -0.05) is 29.8 Å². The van der Waals surface area contributed by atoms with Crippen molar-refractivity contribution in [2.45, 2.75) is 38.4 Å². The Kier molecular flexibility index (Phi) is 5.77. The summed E-state index contributed by atoms with van der Waals surface area (Å²) in [5.41, 5.74) is -0.970. The number of halogens is 1. The number of fused-ring (bicyclic) bond motifs is 1. The van der Waals surface area contributed by atoms with E-state index in [2.05, 4.69) is 10.2 Å². The molecule has 1 amide bonds. The molecule has 0 unspecified atom stereocenters. The van der Waals surface area contributed by atoms with E-state index in [-0.39, 0.29) is 12.0 Å². The first-order valence-electron chi connectivity index (χ1n) is 10.0. The summed E-state index contributed by atoms with van der Waals surface area (Å²) in [6.07, 6.45) is 3.18. The zero-order valence-corrected chi connectivity index (χ0v) is 17.8. The molecule has 3 aromatic rings. The number of benzene rings is 2. The van der Waals surface area contributed by atoms with E-state index in [1.807, 2.05) is 29.2 Å². The number of piperidine rings is 1. The van der Waals surface area contributed by atoms with Gasteiger partial charge in [-0.2, -0.15) is 5.10 Å².